The fraction of sp³-hybridized carbons (Fsp3) is 0.533. The van der Waals surface area contributed by atoms with Gasteiger partial charge in [-0.2, -0.15) is 0 Å². The number of likely N-dealkylation sites (N-methyl/N-ethyl adjacent to an activating group) is 1. The molecule has 104 valence electrons. The van der Waals surface area contributed by atoms with Crippen LogP contribution >= 0.6 is 11.6 Å². The fourth-order valence-electron chi connectivity index (χ4n) is 2.45. The van der Waals surface area contributed by atoms with Crippen LogP contribution in [0.2, 0.25) is 5.02 Å². The summed E-state index contributed by atoms with van der Waals surface area (Å²) < 4.78 is 5.53. The number of hydrogen-bond donors (Lipinski definition) is 0. The van der Waals surface area contributed by atoms with Gasteiger partial charge in [0, 0.05) is 18.1 Å². The lowest BCUT2D eigenvalue weighted by molar-refractivity contribution is -0.134. The van der Waals surface area contributed by atoms with Crippen molar-refractivity contribution in [3.05, 3.63) is 28.8 Å². The minimum Gasteiger partial charge on any atom is -0.484 e. The summed E-state index contributed by atoms with van der Waals surface area (Å²) in [5.74, 6) is 0.731. The van der Waals surface area contributed by atoms with E-state index in [1.54, 1.807) is 12.1 Å². The average molecular weight is 282 g/mol. The molecule has 1 aliphatic carbocycles. The van der Waals surface area contributed by atoms with Crippen LogP contribution in [0.4, 0.5) is 0 Å². The molecular weight excluding hydrogens is 262 g/mol. The van der Waals surface area contributed by atoms with Crippen molar-refractivity contribution in [3.63, 3.8) is 0 Å². The van der Waals surface area contributed by atoms with Gasteiger partial charge < -0.3 is 9.64 Å². The lowest BCUT2D eigenvalue weighted by atomic mass is 10.2. The van der Waals surface area contributed by atoms with Gasteiger partial charge in [-0.15, -0.1) is 0 Å². The molecule has 0 radical (unpaired) electrons. The van der Waals surface area contributed by atoms with Crippen molar-refractivity contribution in [3.8, 4) is 5.75 Å². The first-order valence-corrected chi connectivity index (χ1v) is 7.10. The Balaban J connectivity index is 1.87. The van der Waals surface area contributed by atoms with E-state index in [0.717, 1.165) is 18.4 Å². The van der Waals surface area contributed by atoms with E-state index in [1.165, 1.54) is 12.8 Å². The Hall–Kier alpha value is -1.22. The molecule has 0 atom stereocenters. The van der Waals surface area contributed by atoms with Crippen LogP contribution in [0, 0.1) is 6.92 Å². The molecule has 19 heavy (non-hydrogen) atoms. The van der Waals surface area contributed by atoms with Crippen LogP contribution in [-0.2, 0) is 4.79 Å². The molecule has 0 aromatic heterocycles. The maximum atomic E-state index is 12.0. The van der Waals surface area contributed by atoms with Crippen LogP contribution in [-0.4, -0.2) is 30.5 Å². The zero-order chi connectivity index (χ0) is 13.8. The first kappa shape index (κ1) is 14.2. The monoisotopic (exact) mass is 281 g/mol. The van der Waals surface area contributed by atoms with Gasteiger partial charge in [0.2, 0.25) is 0 Å². The number of amides is 1. The van der Waals surface area contributed by atoms with Crippen LogP contribution < -0.4 is 4.74 Å². The highest BCUT2D eigenvalue weighted by atomic mass is 35.5. The molecule has 1 fully saturated rings. The minimum atomic E-state index is 0.0412. The van der Waals surface area contributed by atoms with E-state index in [0.29, 0.717) is 16.8 Å². The Morgan fingerprint density at radius 3 is 2.74 bits per heavy atom. The van der Waals surface area contributed by atoms with Crippen LogP contribution in [0.5, 0.6) is 5.75 Å². The Morgan fingerprint density at radius 1 is 1.42 bits per heavy atom. The van der Waals surface area contributed by atoms with Crippen molar-refractivity contribution in [2.24, 2.45) is 0 Å². The third-order valence-corrected chi connectivity index (χ3v) is 4.18. The molecule has 1 aliphatic rings. The van der Waals surface area contributed by atoms with Crippen molar-refractivity contribution in [2.45, 2.75) is 38.6 Å². The molecule has 0 N–H and O–H groups in total. The van der Waals surface area contributed by atoms with Crippen LogP contribution in [0.3, 0.4) is 0 Å². The topological polar surface area (TPSA) is 29.5 Å². The SMILES string of the molecule is Cc1cc(OCC(=O)N(C)C2CCCC2)ccc1Cl. The summed E-state index contributed by atoms with van der Waals surface area (Å²) in [5.41, 5.74) is 0.954. The van der Waals surface area contributed by atoms with Crippen molar-refractivity contribution < 1.29 is 9.53 Å². The number of rotatable bonds is 4. The number of benzene rings is 1. The number of halogens is 1. The predicted octanol–water partition coefficient (Wildman–Crippen LogP) is 3.43. The average Bonchev–Trinajstić information content (AvgIpc) is 2.93. The van der Waals surface area contributed by atoms with Crippen molar-refractivity contribution >= 4 is 17.5 Å². The number of carbonyl (C=O) groups excluding carboxylic acids is 1. The third-order valence-electron chi connectivity index (χ3n) is 3.76. The van der Waals surface area contributed by atoms with E-state index < -0.39 is 0 Å². The normalized spacial score (nSPS) is 15.5. The molecule has 1 amide bonds. The summed E-state index contributed by atoms with van der Waals surface area (Å²) in [7, 11) is 1.87. The second-order valence-corrected chi connectivity index (χ2v) is 5.55. The Kier molecular flexibility index (Phi) is 4.70. The summed E-state index contributed by atoms with van der Waals surface area (Å²) in [6, 6.07) is 5.82. The Labute approximate surface area is 119 Å². The molecule has 0 bridgehead atoms. The van der Waals surface area contributed by atoms with Gasteiger partial charge in [-0.25, -0.2) is 0 Å². The third kappa shape index (κ3) is 3.63. The van der Waals surface area contributed by atoms with E-state index in [-0.39, 0.29) is 12.5 Å². The molecule has 4 heteroatoms. The van der Waals surface area contributed by atoms with Gasteiger partial charge >= 0.3 is 0 Å². The quantitative estimate of drug-likeness (QED) is 0.846. The highest BCUT2D eigenvalue weighted by Gasteiger charge is 2.23. The Bertz CT molecular complexity index is 455. The molecule has 0 saturated heterocycles. The highest BCUT2D eigenvalue weighted by Crippen LogP contribution is 2.23. The lowest BCUT2D eigenvalue weighted by Gasteiger charge is -2.24. The van der Waals surface area contributed by atoms with Crippen LogP contribution in [0.1, 0.15) is 31.2 Å². The molecule has 1 saturated carbocycles. The molecule has 2 rings (SSSR count). The van der Waals surface area contributed by atoms with Gasteiger partial charge in [0.15, 0.2) is 6.61 Å². The smallest absolute Gasteiger partial charge is 0.260 e. The van der Waals surface area contributed by atoms with Gasteiger partial charge in [0.25, 0.3) is 5.91 Å². The number of ether oxygens (including phenoxy) is 1. The summed E-state index contributed by atoms with van der Waals surface area (Å²) in [5, 5.41) is 0.710. The number of aryl methyl sites for hydroxylation is 1. The highest BCUT2D eigenvalue weighted by molar-refractivity contribution is 6.31. The molecule has 1 aromatic rings. The van der Waals surface area contributed by atoms with Gasteiger partial charge in [-0.05, 0) is 43.5 Å². The Morgan fingerprint density at radius 2 is 2.11 bits per heavy atom. The molecule has 0 unspecified atom stereocenters. The molecule has 0 heterocycles. The van der Waals surface area contributed by atoms with Crippen LogP contribution in [0.25, 0.3) is 0 Å². The molecule has 1 aromatic carbocycles. The largest absolute Gasteiger partial charge is 0.484 e. The first-order chi connectivity index (χ1) is 9.08. The summed E-state index contributed by atoms with van der Waals surface area (Å²) in [6.45, 7) is 2.01. The number of nitrogens with zero attached hydrogens (tertiary/aromatic N) is 1. The lowest BCUT2D eigenvalue weighted by Crippen LogP contribution is -2.38. The van der Waals surface area contributed by atoms with Gasteiger partial charge in [0.05, 0.1) is 0 Å². The molecule has 0 spiro atoms. The van der Waals surface area contributed by atoms with Crippen molar-refractivity contribution in [2.75, 3.05) is 13.7 Å². The molecule has 0 aliphatic heterocycles. The summed E-state index contributed by atoms with van der Waals surface area (Å²) in [4.78, 5) is 13.9. The zero-order valence-electron chi connectivity index (χ0n) is 11.5. The standard InChI is InChI=1S/C15H20ClNO2/c1-11-9-13(7-8-14(11)16)19-10-15(18)17(2)12-5-3-4-6-12/h7-9,12H,3-6,10H2,1-2H3. The van der Waals surface area contributed by atoms with E-state index in [1.807, 2.05) is 24.9 Å². The maximum Gasteiger partial charge on any atom is 0.260 e. The zero-order valence-corrected chi connectivity index (χ0v) is 12.2. The number of carbonyl (C=O) groups is 1. The first-order valence-electron chi connectivity index (χ1n) is 6.72. The van der Waals surface area contributed by atoms with E-state index in [2.05, 4.69) is 0 Å². The van der Waals surface area contributed by atoms with E-state index in [4.69, 9.17) is 16.3 Å². The fourth-order valence-corrected chi connectivity index (χ4v) is 2.57. The number of hydrogen-bond acceptors (Lipinski definition) is 2. The maximum absolute atomic E-state index is 12.0. The second-order valence-electron chi connectivity index (χ2n) is 5.14. The second kappa shape index (κ2) is 6.29. The summed E-state index contributed by atoms with van der Waals surface area (Å²) >= 11 is 5.95. The summed E-state index contributed by atoms with van der Waals surface area (Å²) in [6.07, 6.45) is 4.67. The van der Waals surface area contributed by atoms with Gasteiger partial charge in [-0.1, -0.05) is 24.4 Å². The molecule has 3 nitrogen and oxygen atoms in total. The van der Waals surface area contributed by atoms with E-state index >= 15 is 0 Å². The molecular formula is C15H20ClNO2. The van der Waals surface area contributed by atoms with Crippen molar-refractivity contribution in [1.82, 2.24) is 4.90 Å². The van der Waals surface area contributed by atoms with Gasteiger partial charge in [0.1, 0.15) is 5.75 Å². The van der Waals surface area contributed by atoms with Crippen molar-refractivity contribution in [1.29, 1.82) is 0 Å². The minimum absolute atomic E-state index is 0.0412. The van der Waals surface area contributed by atoms with Crippen LogP contribution in [0.15, 0.2) is 18.2 Å². The predicted molar refractivity (Wildman–Crippen MR) is 76.7 cm³/mol. The van der Waals surface area contributed by atoms with E-state index in [9.17, 15) is 4.79 Å². The van der Waals surface area contributed by atoms with Gasteiger partial charge in [-0.3, -0.25) is 4.79 Å².